The van der Waals surface area contributed by atoms with Gasteiger partial charge in [0.1, 0.15) is 17.5 Å². The molecule has 0 spiro atoms. The Balaban J connectivity index is 2.25. The highest BCUT2D eigenvalue weighted by molar-refractivity contribution is 5.50. The lowest BCUT2D eigenvalue weighted by molar-refractivity contribution is 0.143. The molecule has 0 radical (unpaired) electrons. The molecule has 1 atom stereocenters. The maximum atomic E-state index is 5.32. The number of hydrogen-bond acceptors (Lipinski definition) is 5. The molecule has 0 saturated carbocycles. The number of nitrogens with one attached hydrogen (secondary N) is 1. The quantitative estimate of drug-likeness (QED) is 0.924. The topological polar surface area (TPSA) is 50.3 Å². The van der Waals surface area contributed by atoms with Gasteiger partial charge in [0.05, 0.1) is 6.61 Å². The van der Waals surface area contributed by atoms with Gasteiger partial charge in [-0.15, -0.1) is 0 Å². The van der Waals surface area contributed by atoms with Crippen LogP contribution in [0.4, 0.5) is 11.6 Å². The van der Waals surface area contributed by atoms with Gasteiger partial charge in [-0.1, -0.05) is 20.8 Å². The molecule has 5 nitrogen and oxygen atoms in total. The largest absolute Gasteiger partial charge is 0.384 e. The van der Waals surface area contributed by atoms with Gasteiger partial charge in [-0.3, -0.25) is 0 Å². The first kappa shape index (κ1) is 16.0. The van der Waals surface area contributed by atoms with Gasteiger partial charge >= 0.3 is 0 Å². The number of aromatic nitrogens is 2. The van der Waals surface area contributed by atoms with Gasteiger partial charge in [0.25, 0.3) is 0 Å². The van der Waals surface area contributed by atoms with E-state index >= 15 is 0 Å². The molecule has 1 aromatic heterocycles. The van der Waals surface area contributed by atoms with E-state index in [1.165, 1.54) is 12.8 Å². The van der Waals surface area contributed by atoms with Gasteiger partial charge in [-0.25, -0.2) is 9.97 Å². The molecule has 0 bridgehead atoms. The monoisotopic (exact) mass is 292 g/mol. The summed E-state index contributed by atoms with van der Waals surface area (Å²) in [6.07, 6.45) is 2.43. The summed E-state index contributed by atoms with van der Waals surface area (Å²) in [6, 6.07) is 2.05. The van der Waals surface area contributed by atoms with Crippen molar-refractivity contribution in [3.8, 4) is 0 Å². The molecule has 21 heavy (non-hydrogen) atoms. The van der Waals surface area contributed by atoms with Gasteiger partial charge in [0.15, 0.2) is 0 Å². The van der Waals surface area contributed by atoms with E-state index < -0.39 is 0 Å². The van der Waals surface area contributed by atoms with Crippen molar-refractivity contribution in [2.45, 2.75) is 39.0 Å². The molecule has 0 aliphatic carbocycles. The average molecular weight is 292 g/mol. The summed E-state index contributed by atoms with van der Waals surface area (Å²) in [6.45, 7) is 9.34. The molecule has 1 unspecified atom stereocenters. The third-order valence-corrected chi connectivity index (χ3v) is 3.88. The predicted molar refractivity (Wildman–Crippen MR) is 87.1 cm³/mol. The zero-order valence-electron chi connectivity index (χ0n) is 13.9. The molecule has 1 fully saturated rings. The van der Waals surface area contributed by atoms with Gasteiger partial charge in [-0.2, -0.15) is 0 Å². The Morgan fingerprint density at radius 1 is 1.38 bits per heavy atom. The van der Waals surface area contributed by atoms with E-state index in [0.717, 1.165) is 37.2 Å². The molecule has 2 heterocycles. The second-order valence-electron chi connectivity index (χ2n) is 6.84. The SMILES string of the molecule is CNc1cc(N2CCCC(COC)C2)nc(C(C)(C)C)n1. The van der Waals surface area contributed by atoms with Crippen molar-refractivity contribution in [3.63, 3.8) is 0 Å². The number of ether oxygens (including phenoxy) is 1. The standard InChI is InChI=1S/C16H28N4O/c1-16(2,3)15-18-13(17-4)9-14(19-15)20-8-6-7-12(10-20)11-21-5/h9,12H,6-8,10-11H2,1-5H3,(H,17,18,19). The average Bonchev–Trinajstić information content (AvgIpc) is 2.46. The van der Waals surface area contributed by atoms with Crippen molar-refractivity contribution >= 4 is 11.6 Å². The third-order valence-electron chi connectivity index (χ3n) is 3.88. The molecule has 1 aliphatic rings. The predicted octanol–water partition coefficient (Wildman–Crippen LogP) is 2.68. The molecule has 2 rings (SSSR count). The fraction of sp³-hybridized carbons (Fsp3) is 0.750. The highest BCUT2D eigenvalue weighted by atomic mass is 16.5. The van der Waals surface area contributed by atoms with Crippen molar-refractivity contribution < 1.29 is 4.74 Å². The van der Waals surface area contributed by atoms with Crippen molar-refractivity contribution in [1.82, 2.24) is 9.97 Å². The second-order valence-corrected chi connectivity index (χ2v) is 6.84. The van der Waals surface area contributed by atoms with Crippen molar-refractivity contribution in [1.29, 1.82) is 0 Å². The Morgan fingerprint density at radius 3 is 2.76 bits per heavy atom. The zero-order chi connectivity index (χ0) is 15.5. The first-order valence-corrected chi connectivity index (χ1v) is 7.75. The normalized spacial score (nSPS) is 19.7. The summed E-state index contributed by atoms with van der Waals surface area (Å²) in [4.78, 5) is 11.8. The maximum Gasteiger partial charge on any atom is 0.138 e. The van der Waals surface area contributed by atoms with Crippen LogP contribution in [0.1, 0.15) is 39.4 Å². The van der Waals surface area contributed by atoms with Crippen LogP contribution in [-0.2, 0) is 10.2 Å². The van der Waals surface area contributed by atoms with Crippen LogP contribution in [0.15, 0.2) is 6.07 Å². The summed E-state index contributed by atoms with van der Waals surface area (Å²) in [7, 11) is 3.68. The van der Waals surface area contributed by atoms with Gasteiger partial charge in [0, 0.05) is 38.7 Å². The van der Waals surface area contributed by atoms with Crippen LogP contribution < -0.4 is 10.2 Å². The lowest BCUT2D eigenvalue weighted by Crippen LogP contribution is -2.38. The molecular formula is C16H28N4O. The van der Waals surface area contributed by atoms with Crippen LogP contribution in [0.3, 0.4) is 0 Å². The fourth-order valence-corrected chi connectivity index (χ4v) is 2.70. The van der Waals surface area contributed by atoms with Gasteiger partial charge < -0.3 is 15.0 Å². The van der Waals surface area contributed by atoms with Crippen LogP contribution in [0.25, 0.3) is 0 Å². The van der Waals surface area contributed by atoms with E-state index in [1.54, 1.807) is 7.11 Å². The molecule has 1 saturated heterocycles. The molecule has 0 amide bonds. The molecule has 1 N–H and O–H groups in total. The Labute approximate surface area is 128 Å². The number of piperidine rings is 1. The third kappa shape index (κ3) is 4.06. The minimum atomic E-state index is -0.0523. The van der Waals surface area contributed by atoms with E-state index in [2.05, 4.69) is 36.0 Å². The number of methoxy groups -OCH3 is 1. The summed E-state index contributed by atoms with van der Waals surface area (Å²) in [5, 5.41) is 3.15. The smallest absolute Gasteiger partial charge is 0.138 e. The van der Waals surface area contributed by atoms with E-state index in [9.17, 15) is 0 Å². The van der Waals surface area contributed by atoms with Crippen LogP contribution in [-0.4, -0.2) is 43.8 Å². The van der Waals surface area contributed by atoms with E-state index in [0.29, 0.717) is 5.92 Å². The minimum absolute atomic E-state index is 0.0523. The van der Waals surface area contributed by atoms with Crippen molar-refractivity contribution in [3.05, 3.63) is 11.9 Å². The molecule has 118 valence electrons. The van der Waals surface area contributed by atoms with E-state index in [4.69, 9.17) is 9.72 Å². The molecular weight excluding hydrogens is 264 g/mol. The molecule has 1 aliphatic heterocycles. The minimum Gasteiger partial charge on any atom is -0.384 e. The Morgan fingerprint density at radius 2 is 2.14 bits per heavy atom. The first-order valence-electron chi connectivity index (χ1n) is 7.75. The van der Waals surface area contributed by atoms with Gasteiger partial charge in [-0.05, 0) is 18.8 Å². The summed E-state index contributed by atoms with van der Waals surface area (Å²) in [5.41, 5.74) is -0.0523. The van der Waals surface area contributed by atoms with E-state index in [-0.39, 0.29) is 5.41 Å². The summed E-state index contributed by atoms with van der Waals surface area (Å²) >= 11 is 0. The molecule has 0 aromatic carbocycles. The van der Waals surface area contributed by atoms with Crippen molar-refractivity contribution in [2.24, 2.45) is 5.92 Å². The second kappa shape index (κ2) is 6.60. The Bertz CT molecular complexity index is 468. The lowest BCUT2D eigenvalue weighted by atomic mass is 9.95. The Kier molecular flexibility index (Phi) is 5.04. The lowest BCUT2D eigenvalue weighted by Gasteiger charge is -2.34. The number of nitrogens with zero attached hydrogens (tertiary/aromatic N) is 3. The summed E-state index contributed by atoms with van der Waals surface area (Å²) in [5.74, 6) is 3.40. The highest BCUT2D eigenvalue weighted by Crippen LogP contribution is 2.27. The first-order chi connectivity index (χ1) is 9.94. The van der Waals surface area contributed by atoms with Crippen molar-refractivity contribution in [2.75, 3.05) is 44.1 Å². The van der Waals surface area contributed by atoms with Crippen LogP contribution in [0.5, 0.6) is 0 Å². The fourth-order valence-electron chi connectivity index (χ4n) is 2.70. The number of anilines is 2. The number of hydrogen-bond donors (Lipinski definition) is 1. The molecule has 1 aromatic rings. The van der Waals surface area contributed by atoms with Crippen LogP contribution in [0.2, 0.25) is 0 Å². The Hall–Kier alpha value is -1.36. The van der Waals surface area contributed by atoms with Gasteiger partial charge in [0.2, 0.25) is 0 Å². The van der Waals surface area contributed by atoms with Crippen LogP contribution in [0, 0.1) is 5.92 Å². The van der Waals surface area contributed by atoms with Crippen LogP contribution >= 0.6 is 0 Å². The number of rotatable bonds is 4. The van der Waals surface area contributed by atoms with E-state index in [1.807, 2.05) is 13.1 Å². The molecule has 5 heteroatoms. The summed E-state index contributed by atoms with van der Waals surface area (Å²) < 4.78 is 5.32. The zero-order valence-corrected chi connectivity index (χ0v) is 13.9. The maximum absolute atomic E-state index is 5.32. The highest BCUT2D eigenvalue weighted by Gasteiger charge is 2.24.